The van der Waals surface area contributed by atoms with Gasteiger partial charge < -0.3 is 0 Å². The van der Waals surface area contributed by atoms with Crippen molar-refractivity contribution in [2.24, 2.45) is 11.8 Å². The Kier molecular flexibility index (Phi) is 6.80. The number of carbonyl (C=O) groups is 2. The van der Waals surface area contributed by atoms with E-state index in [1.165, 1.54) is 0 Å². The summed E-state index contributed by atoms with van der Waals surface area (Å²) in [4.78, 5) is 24.9. The Bertz CT molecular complexity index is 465. The molecule has 1 fully saturated rings. The third-order valence-electron chi connectivity index (χ3n) is 3.78. The SMILES string of the molecule is CCC(=O)NS(=O)(=O)CC1CCN(CC(=O)C(C)C)CC1. The standard InChI is InChI=1S/C14H26N2O4S/c1-4-14(18)15-21(19,20)10-12-5-7-16(8-6-12)9-13(17)11(2)3/h11-12H,4-10H2,1-3H3,(H,15,18). The molecule has 0 radical (unpaired) electrons. The van der Waals surface area contributed by atoms with Crippen LogP contribution in [0.2, 0.25) is 0 Å². The van der Waals surface area contributed by atoms with E-state index >= 15 is 0 Å². The summed E-state index contributed by atoms with van der Waals surface area (Å²) >= 11 is 0. The summed E-state index contributed by atoms with van der Waals surface area (Å²) in [6, 6.07) is 0. The second kappa shape index (κ2) is 7.89. The number of hydrogen-bond donors (Lipinski definition) is 1. The van der Waals surface area contributed by atoms with Crippen LogP contribution in [0.15, 0.2) is 0 Å². The summed E-state index contributed by atoms with van der Waals surface area (Å²) in [5.41, 5.74) is 0. The van der Waals surface area contributed by atoms with Gasteiger partial charge in [-0.3, -0.25) is 19.2 Å². The zero-order valence-electron chi connectivity index (χ0n) is 13.1. The Morgan fingerprint density at radius 3 is 2.29 bits per heavy atom. The average molecular weight is 318 g/mol. The Balaban J connectivity index is 2.40. The number of nitrogens with one attached hydrogen (secondary N) is 1. The molecule has 1 N–H and O–H groups in total. The minimum Gasteiger partial charge on any atom is -0.298 e. The van der Waals surface area contributed by atoms with Crippen LogP contribution in [0.5, 0.6) is 0 Å². The van der Waals surface area contributed by atoms with Crippen LogP contribution in [0.25, 0.3) is 0 Å². The zero-order chi connectivity index (χ0) is 16.0. The first-order valence-corrected chi connectivity index (χ1v) is 9.17. The van der Waals surface area contributed by atoms with Gasteiger partial charge in [0.25, 0.3) is 0 Å². The van der Waals surface area contributed by atoms with E-state index in [0.29, 0.717) is 6.54 Å². The molecule has 7 heteroatoms. The largest absolute Gasteiger partial charge is 0.298 e. The second-order valence-corrected chi connectivity index (χ2v) is 7.77. The van der Waals surface area contributed by atoms with E-state index in [2.05, 4.69) is 9.62 Å². The summed E-state index contributed by atoms with van der Waals surface area (Å²) in [6.45, 7) is 7.32. The predicted octanol–water partition coefficient (Wildman–Crippen LogP) is 0.780. The van der Waals surface area contributed by atoms with E-state index in [1.54, 1.807) is 6.92 Å². The van der Waals surface area contributed by atoms with Gasteiger partial charge in [-0.1, -0.05) is 20.8 Å². The lowest BCUT2D eigenvalue weighted by Crippen LogP contribution is -2.41. The fraction of sp³-hybridized carbons (Fsp3) is 0.857. The molecule has 0 aliphatic carbocycles. The molecular formula is C14H26N2O4S. The van der Waals surface area contributed by atoms with Gasteiger partial charge in [-0.15, -0.1) is 0 Å². The van der Waals surface area contributed by atoms with Gasteiger partial charge in [0.05, 0.1) is 12.3 Å². The number of hydrogen-bond acceptors (Lipinski definition) is 5. The lowest BCUT2D eigenvalue weighted by Gasteiger charge is -2.31. The monoisotopic (exact) mass is 318 g/mol. The fourth-order valence-electron chi connectivity index (χ4n) is 2.31. The van der Waals surface area contributed by atoms with Crippen LogP contribution < -0.4 is 4.72 Å². The molecule has 0 bridgehead atoms. The van der Waals surface area contributed by atoms with E-state index in [-0.39, 0.29) is 29.8 Å². The van der Waals surface area contributed by atoms with Crippen molar-refractivity contribution in [3.8, 4) is 0 Å². The highest BCUT2D eigenvalue weighted by Crippen LogP contribution is 2.19. The summed E-state index contributed by atoms with van der Waals surface area (Å²) in [5.74, 6) is -0.166. The van der Waals surface area contributed by atoms with Crippen LogP contribution in [0.4, 0.5) is 0 Å². The number of Topliss-reactive ketones (excluding diaryl/α,β-unsaturated/α-hetero) is 1. The van der Waals surface area contributed by atoms with Crippen molar-refractivity contribution in [2.75, 3.05) is 25.4 Å². The van der Waals surface area contributed by atoms with Crippen LogP contribution in [-0.4, -0.2) is 50.4 Å². The molecule has 1 heterocycles. The Morgan fingerprint density at radius 1 is 1.24 bits per heavy atom. The van der Waals surface area contributed by atoms with Crippen molar-refractivity contribution in [1.29, 1.82) is 0 Å². The summed E-state index contributed by atoms with van der Waals surface area (Å²) in [6.07, 6.45) is 1.65. The third kappa shape index (κ3) is 6.56. The number of nitrogens with zero attached hydrogens (tertiary/aromatic N) is 1. The highest BCUT2D eigenvalue weighted by atomic mass is 32.2. The van der Waals surface area contributed by atoms with Crippen molar-refractivity contribution < 1.29 is 18.0 Å². The maximum absolute atomic E-state index is 11.8. The van der Waals surface area contributed by atoms with Crippen molar-refractivity contribution in [3.63, 3.8) is 0 Å². The zero-order valence-corrected chi connectivity index (χ0v) is 13.9. The van der Waals surface area contributed by atoms with Gasteiger partial charge in [0.1, 0.15) is 5.78 Å². The molecule has 0 atom stereocenters. The summed E-state index contributed by atoms with van der Waals surface area (Å²) in [7, 11) is -3.53. The molecule has 0 aromatic heterocycles. The Labute approximate surface area is 127 Å². The van der Waals surface area contributed by atoms with Crippen molar-refractivity contribution in [1.82, 2.24) is 9.62 Å². The van der Waals surface area contributed by atoms with Gasteiger partial charge in [-0.05, 0) is 31.8 Å². The number of likely N-dealkylation sites (tertiary alicyclic amines) is 1. The lowest BCUT2D eigenvalue weighted by atomic mass is 9.98. The number of ketones is 1. The molecule has 122 valence electrons. The smallest absolute Gasteiger partial charge is 0.235 e. The molecule has 1 aliphatic rings. The molecule has 6 nitrogen and oxygen atoms in total. The maximum atomic E-state index is 11.8. The minimum atomic E-state index is -3.53. The molecular weight excluding hydrogens is 292 g/mol. The molecule has 1 aliphatic heterocycles. The second-order valence-electron chi connectivity index (χ2n) is 6.00. The maximum Gasteiger partial charge on any atom is 0.235 e. The van der Waals surface area contributed by atoms with Crippen molar-refractivity contribution in [3.05, 3.63) is 0 Å². The van der Waals surface area contributed by atoms with Crippen LogP contribution in [0, 0.1) is 11.8 Å². The highest BCUT2D eigenvalue weighted by Gasteiger charge is 2.26. The van der Waals surface area contributed by atoms with Crippen LogP contribution in [0.3, 0.4) is 0 Å². The quantitative estimate of drug-likeness (QED) is 0.750. The molecule has 21 heavy (non-hydrogen) atoms. The van der Waals surface area contributed by atoms with Crippen LogP contribution >= 0.6 is 0 Å². The molecule has 0 spiro atoms. The van der Waals surface area contributed by atoms with Gasteiger partial charge in [-0.25, -0.2) is 8.42 Å². The molecule has 0 aromatic rings. The van der Waals surface area contributed by atoms with Gasteiger partial charge in [-0.2, -0.15) is 0 Å². The summed E-state index contributed by atoms with van der Waals surface area (Å²) in [5, 5.41) is 0. The van der Waals surface area contributed by atoms with Crippen LogP contribution in [-0.2, 0) is 19.6 Å². The summed E-state index contributed by atoms with van der Waals surface area (Å²) < 4.78 is 25.7. The van der Waals surface area contributed by atoms with E-state index in [4.69, 9.17) is 0 Å². The molecule has 1 saturated heterocycles. The van der Waals surface area contributed by atoms with E-state index in [9.17, 15) is 18.0 Å². The van der Waals surface area contributed by atoms with Gasteiger partial charge in [0, 0.05) is 12.3 Å². The number of rotatable bonds is 7. The lowest BCUT2D eigenvalue weighted by molar-refractivity contribution is -0.123. The van der Waals surface area contributed by atoms with Gasteiger partial charge in [0.2, 0.25) is 15.9 Å². The third-order valence-corrected chi connectivity index (χ3v) is 5.23. The van der Waals surface area contributed by atoms with Gasteiger partial charge in [0.15, 0.2) is 0 Å². The van der Waals surface area contributed by atoms with E-state index < -0.39 is 15.9 Å². The molecule has 0 saturated carbocycles. The average Bonchev–Trinajstić information content (AvgIpc) is 2.39. The Hall–Kier alpha value is -0.950. The predicted molar refractivity (Wildman–Crippen MR) is 81.2 cm³/mol. The number of piperidine rings is 1. The minimum absolute atomic E-state index is 0.00922. The molecule has 1 amide bonds. The normalized spacial score (nSPS) is 17.9. The topological polar surface area (TPSA) is 83.6 Å². The highest BCUT2D eigenvalue weighted by molar-refractivity contribution is 7.90. The molecule has 1 rings (SSSR count). The first-order valence-electron chi connectivity index (χ1n) is 7.52. The first kappa shape index (κ1) is 18.1. The van der Waals surface area contributed by atoms with E-state index in [0.717, 1.165) is 25.9 Å². The van der Waals surface area contributed by atoms with Crippen molar-refractivity contribution in [2.45, 2.75) is 40.0 Å². The van der Waals surface area contributed by atoms with E-state index in [1.807, 2.05) is 13.8 Å². The Morgan fingerprint density at radius 2 is 1.81 bits per heavy atom. The molecule has 0 unspecified atom stereocenters. The fourth-order valence-corrected chi connectivity index (χ4v) is 3.84. The molecule has 0 aromatic carbocycles. The number of sulfonamides is 1. The van der Waals surface area contributed by atoms with Crippen LogP contribution in [0.1, 0.15) is 40.0 Å². The van der Waals surface area contributed by atoms with Gasteiger partial charge >= 0.3 is 0 Å². The first-order chi connectivity index (χ1) is 9.73. The number of carbonyl (C=O) groups excluding carboxylic acids is 2. The number of amides is 1. The van der Waals surface area contributed by atoms with Crippen molar-refractivity contribution >= 4 is 21.7 Å².